The van der Waals surface area contributed by atoms with Crippen LogP contribution in [0.1, 0.15) is 65.6 Å². The summed E-state index contributed by atoms with van der Waals surface area (Å²) in [5, 5.41) is 0. The topological polar surface area (TPSA) is 38.7 Å². The maximum absolute atomic E-state index is 12.1. The molecule has 1 fully saturated rings. The summed E-state index contributed by atoms with van der Waals surface area (Å²) in [4.78, 5) is 17.5. The normalized spacial score (nSPS) is 22.1. The Morgan fingerprint density at radius 2 is 1.59 bits per heavy atom. The van der Waals surface area contributed by atoms with Gasteiger partial charge in [-0.3, -0.25) is 4.99 Å². The van der Waals surface area contributed by atoms with Gasteiger partial charge in [-0.05, 0) is 79.7 Å². The molecule has 174 valence electrons. The van der Waals surface area contributed by atoms with Gasteiger partial charge in [0.1, 0.15) is 0 Å². The molecule has 2 bridgehead atoms. The quantitative estimate of drug-likeness (QED) is 0.351. The molecule has 3 nitrogen and oxygen atoms in total. The molecule has 0 N–H and O–H groups in total. The average molecular weight is 452 g/mol. The highest BCUT2D eigenvalue weighted by molar-refractivity contribution is 5.95. The van der Waals surface area contributed by atoms with E-state index in [0.717, 1.165) is 12.8 Å². The Balaban J connectivity index is 1.40. The summed E-state index contributed by atoms with van der Waals surface area (Å²) in [5.41, 5.74) is 5.80. The third-order valence-corrected chi connectivity index (χ3v) is 7.57. The fraction of sp³-hybridized carbons (Fsp3) is 0.355. The van der Waals surface area contributed by atoms with Crippen LogP contribution >= 0.6 is 0 Å². The number of aryl methyl sites for hydroxylation is 1. The number of esters is 1. The molecule has 0 saturated heterocycles. The molecule has 5 rings (SSSR count). The van der Waals surface area contributed by atoms with E-state index in [9.17, 15) is 4.79 Å². The first-order chi connectivity index (χ1) is 16.7. The van der Waals surface area contributed by atoms with Gasteiger partial charge in [-0.25, -0.2) is 4.79 Å². The second kappa shape index (κ2) is 10.4. The first kappa shape index (κ1) is 22.6. The summed E-state index contributed by atoms with van der Waals surface area (Å²) in [6.07, 6.45) is 5.91. The van der Waals surface area contributed by atoms with Crippen molar-refractivity contribution in [2.75, 3.05) is 6.61 Å². The number of hydrogen-bond acceptors (Lipinski definition) is 3. The van der Waals surface area contributed by atoms with Gasteiger partial charge in [0.2, 0.25) is 0 Å². The van der Waals surface area contributed by atoms with Crippen LogP contribution in [0.25, 0.3) is 0 Å². The molecule has 0 aromatic heterocycles. The fourth-order valence-corrected chi connectivity index (χ4v) is 5.92. The third-order valence-electron chi connectivity index (χ3n) is 7.57. The molecular weight excluding hydrogens is 418 g/mol. The molecular formula is C31H33NO2. The highest BCUT2D eigenvalue weighted by atomic mass is 16.5. The average Bonchev–Trinajstić information content (AvgIpc) is 3.12. The van der Waals surface area contributed by atoms with Crippen molar-refractivity contribution in [1.82, 2.24) is 0 Å². The van der Waals surface area contributed by atoms with Gasteiger partial charge in [0.25, 0.3) is 0 Å². The number of benzene rings is 3. The van der Waals surface area contributed by atoms with Crippen LogP contribution in [-0.2, 0) is 11.2 Å². The minimum atomic E-state index is -0.264. The number of ether oxygens (including phenoxy) is 1. The number of carbonyl (C=O) groups is 1. The van der Waals surface area contributed by atoms with Crippen molar-refractivity contribution in [3.8, 4) is 0 Å². The lowest BCUT2D eigenvalue weighted by atomic mass is 9.77. The molecule has 1 saturated carbocycles. The number of fused-ring (bicyclic) bond motifs is 2. The molecule has 4 unspecified atom stereocenters. The summed E-state index contributed by atoms with van der Waals surface area (Å²) in [5.74, 6) is 1.27. The van der Waals surface area contributed by atoms with E-state index in [1.807, 2.05) is 19.1 Å². The highest BCUT2D eigenvalue weighted by Gasteiger charge is 2.41. The molecule has 1 aliphatic carbocycles. The van der Waals surface area contributed by atoms with Gasteiger partial charge in [0.15, 0.2) is 0 Å². The highest BCUT2D eigenvalue weighted by Crippen LogP contribution is 2.45. The van der Waals surface area contributed by atoms with Crippen molar-refractivity contribution in [3.05, 3.63) is 107 Å². The number of nitrogens with zero attached hydrogens (tertiary/aromatic N) is 1. The number of aliphatic imine (C=N–C) groups is 1. The Hall–Kier alpha value is -3.20. The maximum atomic E-state index is 12.1. The summed E-state index contributed by atoms with van der Waals surface area (Å²) < 4.78 is 5.17. The molecule has 0 amide bonds. The Labute approximate surface area is 202 Å². The molecule has 4 atom stereocenters. The van der Waals surface area contributed by atoms with Crippen LogP contribution < -0.4 is 0 Å². The van der Waals surface area contributed by atoms with E-state index >= 15 is 0 Å². The van der Waals surface area contributed by atoms with Gasteiger partial charge in [-0.2, -0.15) is 0 Å². The van der Waals surface area contributed by atoms with Crippen molar-refractivity contribution < 1.29 is 9.53 Å². The van der Waals surface area contributed by atoms with Crippen molar-refractivity contribution >= 4 is 11.7 Å². The van der Waals surface area contributed by atoms with Crippen LogP contribution in [0, 0.1) is 11.8 Å². The second-order valence-corrected chi connectivity index (χ2v) is 9.60. The minimum Gasteiger partial charge on any atom is -0.462 e. The Kier molecular flexibility index (Phi) is 6.89. The van der Waals surface area contributed by atoms with Crippen LogP contribution in [0.2, 0.25) is 0 Å². The largest absolute Gasteiger partial charge is 0.462 e. The van der Waals surface area contributed by atoms with E-state index in [1.54, 1.807) is 0 Å². The van der Waals surface area contributed by atoms with Crippen LogP contribution in [0.5, 0.6) is 0 Å². The van der Waals surface area contributed by atoms with Gasteiger partial charge >= 0.3 is 5.97 Å². The lowest BCUT2D eigenvalue weighted by Crippen LogP contribution is -2.30. The van der Waals surface area contributed by atoms with Crippen LogP contribution in [0.3, 0.4) is 0 Å². The van der Waals surface area contributed by atoms with Crippen molar-refractivity contribution in [3.63, 3.8) is 0 Å². The minimum absolute atomic E-state index is 0.135. The zero-order valence-electron chi connectivity index (χ0n) is 19.9. The molecule has 34 heavy (non-hydrogen) atoms. The Bertz CT molecular complexity index is 1120. The Morgan fingerprint density at radius 1 is 0.912 bits per heavy atom. The Morgan fingerprint density at radius 3 is 2.26 bits per heavy atom. The molecule has 1 heterocycles. The number of rotatable bonds is 8. The third kappa shape index (κ3) is 4.84. The molecule has 3 aromatic carbocycles. The van der Waals surface area contributed by atoms with E-state index < -0.39 is 0 Å². The van der Waals surface area contributed by atoms with Crippen molar-refractivity contribution in [1.29, 1.82) is 0 Å². The van der Waals surface area contributed by atoms with E-state index in [-0.39, 0.29) is 11.9 Å². The lowest BCUT2D eigenvalue weighted by Gasteiger charge is -2.32. The van der Waals surface area contributed by atoms with Crippen LogP contribution in [-0.4, -0.2) is 24.3 Å². The molecule has 1 aliphatic heterocycles. The summed E-state index contributed by atoms with van der Waals surface area (Å²) in [7, 11) is 0. The van der Waals surface area contributed by atoms with Gasteiger partial charge in [-0.15, -0.1) is 0 Å². The summed E-state index contributed by atoms with van der Waals surface area (Å²) >= 11 is 0. The number of hydrogen-bond donors (Lipinski definition) is 0. The van der Waals surface area contributed by atoms with Gasteiger partial charge in [0, 0.05) is 11.6 Å². The molecule has 2 aliphatic rings. The monoisotopic (exact) mass is 451 g/mol. The predicted octanol–water partition coefficient (Wildman–Crippen LogP) is 6.87. The van der Waals surface area contributed by atoms with Crippen LogP contribution in [0.15, 0.2) is 89.9 Å². The SMILES string of the molecule is CCOC(=O)c1ccc(C(C2=NC3CCC(C2)C3CCc2ccccc2)c2ccccc2)cc1. The zero-order chi connectivity index (χ0) is 23.3. The smallest absolute Gasteiger partial charge is 0.338 e. The van der Waals surface area contributed by atoms with Crippen molar-refractivity contribution in [2.24, 2.45) is 16.8 Å². The van der Waals surface area contributed by atoms with E-state index in [2.05, 4.69) is 72.8 Å². The maximum Gasteiger partial charge on any atom is 0.338 e. The lowest BCUT2D eigenvalue weighted by molar-refractivity contribution is 0.0526. The fourth-order valence-electron chi connectivity index (χ4n) is 5.92. The predicted molar refractivity (Wildman–Crippen MR) is 138 cm³/mol. The van der Waals surface area contributed by atoms with Crippen LogP contribution in [0.4, 0.5) is 0 Å². The number of carbonyl (C=O) groups excluding carboxylic acids is 1. The zero-order valence-corrected chi connectivity index (χ0v) is 19.9. The molecule has 3 heteroatoms. The molecule has 0 spiro atoms. The standard InChI is InChI=1S/C31H33NO2/c1-2-34-31(33)25-16-14-24(15-17-25)30(23-11-7-4-8-12-23)29-21-26-18-20-28(32-29)27(26)19-13-22-9-5-3-6-10-22/h3-12,14-17,26-28,30H,2,13,18-21H2,1H3. The second-order valence-electron chi connectivity index (χ2n) is 9.60. The molecule has 0 radical (unpaired) electrons. The van der Waals surface area contributed by atoms with Gasteiger partial charge < -0.3 is 4.74 Å². The summed E-state index contributed by atoms with van der Waals surface area (Å²) in [6, 6.07) is 29.9. The van der Waals surface area contributed by atoms with Gasteiger partial charge in [-0.1, -0.05) is 72.8 Å². The first-order valence-corrected chi connectivity index (χ1v) is 12.7. The summed E-state index contributed by atoms with van der Waals surface area (Å²) in [6.45, 7) is 2.22. The van der Waals surface area contributed by atoms with E-state index in [4.69, 9.17) is 9.73 Å². The van der Waals surface area contributed by atoms with Gasteiger partial charge in [0.05, 0.1) is 18.2 Å². The van der Waals surface area contributed by atoms with E-state index in [0.29, 0.717) is 30.0 Å². The van der Waals surface area contributed by atoms with E-state index in [1.165, 1.54) is 41.7 Å². The van der Waals surface area contributed by atoms with Crippen molar-refractivity contribution in [2.45, 2.75) is 51.0 Å². The molecule has 3 aromatic rings. The first-order valence-electron chi connectivity index (χ1n) is 12.7.